The number of likely N-dealkylation sites (N-methyl/N-ethyl adjacent to an activating group) is 1. The van der Waals surface area contributed by atoms with Crippen LogP contribution in [-0.2, 0) is 16.0 Å². The van der Waals surface area contributed by atoms with Gasteiger partial charge in [-0.1, -0.05) is 6.07 Å². The molecule has 1 aromatic heterocycles. The van der Waals surface area contributed by atoms with E-state index in [1.54, 1.807) is 18.4 Å². The van der Waals surface area contributed by atoms with Gasteiger partial charge in [-0.2, -0.15) is 0 Å². The van der Waals surface area contributed by atoms with Gasteiger partial charge in [0, 0.05) is 25.6 Å². The lowest BCUT2D eigenvalue weighted by Crippen LogP contribution is -2.54. The number of hydrogen-bond acceptors (Lipinski definition) is 4. The third-order valence-electron chi connectivity index (χ3n) is 3.81. The largest absolute Gasteiger partial charge is 0.368 e. The second-order valence-electron chi connectivity index (χ2n) is 5.00. The van der Waals surface area contributed by atoms with Crippen LogP contribution in [0.15, 0.2) is 17.5 Å². The van der Waals surface area contributed by atoms with E-state index in [-0.39, 0.29) is 5.91 Å². The zero-order valence-corrected chi connectivity index (χ0v) is 12.5. The molecule has 0 atom stereocenters. The van der Waals surface area contributed by atoms with Gasteiger partial charge in [0.1, 0.15) is 5.60 Å². The maximum Gasteiger partial charge on any atom is 0.254 e. The highest BCUT2D eigenvalue weighted by atomic mass is 32.1. The van der Waals surface area contributed by atoms with Crippen LogP contribution < -0.4 is 5.32 Å². The van der Waals surface area contributed by atoms with Crippen LogP contribution in [-0.4, -0.2) is 50.2 Å². The first-order valence-corrected chi connectivity index (χ1v) is 7.60. The van der Waals surface area contributed by atoms with Gasteiger partial charge in [0.05, 0.1) is 0 Å². The van der Waals surface area contributed by atoms with Crippen LogP contribution in [0.4, 0.5) is 0 Å². The Morgan fingerprint density at radius 2 is 2.26 bits per heavy atom. The molecule has 19 heavy (non-hydrogen) atoms. The number of nitrogens with zero attached hydrogens (tertiary/aromatic N) is 1. The normalized spacial score (nSPS) is 18.2. The molecule has 1 aliphatic rings. The lowest BCUT2D eigenvalue weighted by Gasteiger charge is -2.37. The topological polar surface area (TPSA) is 41.6 Å². The van der Waals surface area contributed by atoms with Crippen LogP contribution in [0, 0.1) is 0 Å². The molecule has 0 unspecified atom stereocenters. The Morgan fingerprint density at radius 1 is 1.53 bits per heavy atom. The van der Waals surface area contributed by atoms with Crippen LogP contribution in [0.1, 0.15) is 17.7 Å². The van der Waals surface area contributed by atoms with E-state index in [1.165, 1.54) is 4.88 Å². The molecular weight excluding hydrogens is 260 g/mol. The van der Waals surface area contributed by atoms with E-state index in [1.807, 2.05) is 18.0 Å². The Morgan fingerprint density at radius 3 is 2.84 bits per heavy atom. The van der Waals surface area contributed by atoms with E-state index in [4.69, 9.17) is 4.74 Å². The van der Waals surface area contributed by atoms with Crippen molar-refractivity contribution >= 4 is 17.2 Å². The lowest BCUT2D eigenvalue weighted by atomic mass is 9.90. The predicted molar refractivity (Wildman–Crippen MR) is 77.5 cm³/mol. The summed E-state index contributed by atoms with van der Waals surface area (Å²) in [5.74, 6) is 0.119. The average molecular weight is 282 g/mol. The van der Waals surface area contributed by atoms with E-state index in [0.717, 1.165) is 38.9 Å². The molecule has 1 fully saturated rings. The standard InChI is InChI=1S/C14H22N2O2S/c1-16(10-5-12-4-3-11-19-12)13(17)14(18-2)6-8-15-9-7-14/h3-4,11,15H,5-10H2,1-2H3. The molecule has 1 N–H and O–H groups in total. The van der Waals surface area contributed by atoms with E-state index in [2.05, 4.69) is 16.8 Å². The minimum Gasteiger partial charge on any atom is -0.368 e. The molecule has 1 aliphatic heterocycles. The SMILES string of the molecule is COC1(C(=O)N(C)CCc2cccs2)CCNCC1. The van der Waals surface area contributed by atoms with Gasteiger partial charge in [0.2, 0.25) is 0 Å². The number of nitrogens with one attached hydrogen (secondary N) is 1. The number of carbonyl (C=O) groups is 1. The van der Waals surface area contributed by atoms with Crippen LogP contribution in [0.5, 0.6) is 0 Å². The fourth-order valence-corrected chi connectivity index (χ4v) is 3.22. The number of hydrogen-bond donors (Lipinski definition) is 1. The van der Waals surface area contributed by atoms with Crippen molar-refractivity contribution in [1.29, 1.82) is 0 Å². The molecule has 2 rings (SSSR count). The smallest absolute Gasteiger partial charge is 0.254 e. The Bertz CT molecular complexity index is 400. The maximum atomic E-state index is 12.6. The van der Waals surface area contributed by atoms with Crippen molar-refractivity contribution in [3.05, 3.63) is 22.4 Å². The fourth-order valence-electron chi connectivity index (χ4n) is 2.52. The van der Waals surface area contributed by atoms with Crippen molar-refractivity contribution in [2.75, 3.05) is 33.8 Å². The maximum absolute atomic E-state index is 12.6. The molecule has 0 aliphatic carbocycles. The molecule has 0 aromatic carbocycles. The van der Waals surface area contributed by atoms with E-state index >= 15 is 0 Å². The van der Waals surface area contributed by atoms with E-state index in [0.29, 0.717) is 0 Å². The summed E-state index contributed by atoms with van der Waals surface area (Å²) >= 11 is 1.74. The second kappa shape index (κ2) is 6.50. The Balaban J connectivity index is 1.93. The van der Waals surface area contributed by atoms with Crippen LogP contribution in [0.3, 0.4) is 0 Å². The molecule has 1 aromatic rings. The summed E-state index contributed by atoms with van der Waals surface area (Å²) < 4.78 is 5.57. The van der Waals surface area contributed by atoms with Crippen molar-refractivity contribution in [3.8, 4) is 0 Å². The summed E-state index contributed by atoms with van der Waals surface area (Å²) in [6.07, 6.45) is 2.43. The van der Waals surface area contributed by atoms with Crippen LogP contribution in [0.2, 0.25) is 0 Å². The fraction of sp³-hybridized carbons (Fsp3) is 0.643. The molecular formula is C14H22N2O2S. The predicted octanol–water partition coefficient (Wildman–Crippen LogP) is 1.52. The minimum absolute atomic E-state index is 0.119. The zero-order valence-electron chi connectivity index (χ0n) is 11.6. The van der Waals surface area contributed by atoms with E-state index in [9.17, 15) is 4.79 Å². The van der Waals surface area contributed by atoms with Gasteiger partial charge in [0.15, 0.2) is 0 Å². The summed E-state index contributed by atoms with van der Waals surface area (Å²) in [5, 5.41) is 5.34. The third kappa shape index (κ3) is 3.35. The molecule has 0 saturated carbocycles. The highest BCUT2D eigenvalue weighted by molar-refractivity contribution is 7.09. The van der Waals surface area contributed by atoms with Crippen LogP contribution >= 0.6 is 11.3 Å². The first-order valence-electron chi connectivity index (χ1n) is 6.72. The molecule has 0 radical (unpaired) electrons. The molecule has 0 bridgehead atoms. The second-order valence-corrected chi connectivity index (χ2v) is 6.04. The molecule has 0 spiro atoms. The summed E-state index contributed by atoms with van der Waals surface area (Å²) in [6, 6.07) is 4.16. The van der Waals surface area contributed by atoms with E-state index < -0.39 is 5.60 Å². The summed E-state index contributed by atoms with van der Waals surface area (Å²) in [6.45, 7) is 2.44. The van der Waals surface area contributed by atoms with Gasteiger partial charge >= 0.3 is 0 Å². The van der Waals surface area contributed by atoms with Crippen LogP contribution in [0.25, 0.3) is 0 Å². The average Bonchev–Trinajstić information content (AvgIpc) is 2.98. The number of rotatable bonds is 5. The molecule has 2 heterocycles. The Labute approximate surface area is 118 Å². The number of amides is 1. The minimum atomic E-state index is -0.616. The molecule has 1 saturated heterocycles. The summed E-state index contributed by atoms with van der Waals surface area (Å²) in [7, 11) is 3.52. The van der Waals surface area contributed by atoms with Crippen molar-refractivity contribution in [2.24, 2.45) is 0 Å². The molecule has 106 valence electrons. The Kier molecular flexibility index (Phi) is 4.96. The molecule has 4 nitrogen and oxygen atoms in total. The molecule has 1 amide bonds. The number of methoxy groups -OCH3 is 1. The van der Waals surface area contributed by atoms with Crippen molar-refractivity contribution in [1.82, 2.24) is 10.2 Å². The third-order valence-corrected chi connectivity index (χ3v) is 4.75. The molecule has 5 heteroatoms. The van der Waals surface area contributed by atoms with Gasteiger partial charge in [0.25, 0.3) is 5.91 Å². The monoisotopic (exact) mass is 282 g/mol. The highest BCUT2D eigenvalue weighted by Gasteiger charge is 2.41. The number of thiophene rings is 1. The van der Waals surface area contributed by atoms with Gasteiger partial charge in [-0.25, -0.2) is 0 Å². The van der Waals surface area contributed by atoms with Crippen molar-refractivity contribution < 1.29 is 9.53 Å². The first kappa shape index (κ1) is 14.5. The van der Waals surface area contributed by atoms with Gasteiger partial charge < -0.3 is 15.0 Å². The van der Waals surface area contributed by atoms with Gasteiger partial charge in [-0.15, -0.1) is 11.3 Å². The van der Waals surface area contributed by atoms with Gasteiger partial charge in [-0.3, -0.25) is 4.79 Å². The quantitative estimate of drug-likeness (QED) is 0.890. The number of piperidine rings is 1. The lowest BCUT2D eigenvalue weighted by molar-refractivity contribution is -0.156. The highest BCUT2D eigenvalue weighted by Crippen LogP contribution is 2.25. The van der Waals surface area contributed by atoms with Gasteiger partial charge in [-0.05, 0) is 43.8 Å². The van der Waals surface area contributed by atoms with Crippen molar-refractivity contribution in [2.45, 2.75) is 24.9 Å². The summed E-state index contributed by atoms with van der Waals surface area (Å²) in [5.41, 5.74) is -0.616. The number of carbonyl (C=O) groups excluding carboxylic acids is 1. The summed E-state index contributed by atoms with van der Waals surface area (Å²) in [4.78, 5) is 15.7. The number of ether oxygens (including phenoxy) is 1. The van der Waals surface area contributed by atoms with Crippen molar-refractivity contribution in [3.63, 3.8) is 0 Å². The Hall–Kier alpha value is -0.910. The zero-order chi connectivity index (χ0) is 13.7. The first-order chi connectivity index (χ1) is 9.18.